The number of nitrogens with one attached hydrogen (secondary N) is 1. The van der Waals surface area contributed by atoms with Gasteiger partial charge < -0.3 is 14.9 Å². The molecule has 0 amide bonds. The van der Waals surface area contributed by atoms with Crippen LogP contribution in [0.25, 0.3) is 0 Å². The van der Waals surface area contributed by atoms with Crippen LogP contribution in [0.15, 0.2) is 15.8 Å². The smallest absolute Gasteiger partial charge is 0.330 e. The van der Waals surface area contributed by atoms with Crippen molar-refractivity contribution in [3.63, 3.8) is 0 Å². The summed E-state index contributed by atoms with van der Waals surface area (Å²) in [5.74, 6) is 0. The van der Waals surface area contributed by atoms with Crippen LogP contribution in [0.1, 0.15) is 18.2 Å². The molecule has 0 radical (unpaired) electrons. The quantitative estimate of drug-likeness (QED) is 0.551. The first kappa shape index (κ1) is 13.5. The molecule has 1 aromatic rings. The molecule has 20 heavy (non-hydrogen) atoms. The summed E-state index contributed by atoms with van der Waals surface area (Å²) in [7, 11) is 0. The van der Waals surface area contributed by atoms with E-state index in [4.69, 9.17) is 9.84 Å². The van der Waals surface area contributed by atoms with Crippen LogP contribution < -0.4 is 11.2 Å². The van der Waals surface area contributed by atoms with Gasteiger partial charge in [0.15, 0.2) is 0 Å². The molecule has 2 aliphatic heterocycles. The lowest BCUT2D eigenvalue weighted by molar-refractivity contribution is -0.0460. The fourth-order valence-electron chi connectivity index (χ4n) is 2.37. The van der Waals surface area contributed by atoms with Crippen LogP contribution in [-0.2, 0) is 11.3 Å². The second kappa shape index (κ2) is 5.13. The molecule has 3 rings (SSSR count). The third-order valence-corrected chi connectivity index (χ3v) is 3.67. The van der Waals surface area contributed by atoms with E-state index in [1.165, 1.54) is 10.8 Å². The number of rotatable bonds is 4. The Balaban J connectivity index is 1.89. The minimum absolute atomic E-state index is 0.209. The lowest BCUT2D eigenvalue weighted by atomic mass is 10.2. The van der Waals surface area contributed by atoms with Crippen LogP contribution in [0.2, 0.25) is 0 Å². The zero-order valence-corrected chi connectivity index (χ0v) is 10.9. The van der Waals surface area contributed by atoms with Crippen molar-refractivity contribution in [2.75, 3.05) is 19.7 Å². The topological polar surface area (TPSA) is 108 Å². The predicted octanol–water partition coefficient (Wildman–Crippen LogP) is -2.01. The second-order valence-corrected chi connectivity index (χ2v) is 5.21. The monoisotopic (exact) mass is 283 g/mol. The maximum atomic E-state index is 11.9. The normalized spacial score (nSPS) is 29.8. The predicted molar refractivity (Wildman–Crippen MR) is 68.2 cm³/mol. The molecule has 0 aliphatic carbocycles. The van der Waals surface area contributed by atoms with Crippen molar-refractivity contribution in [2.45, 2.75) is 31.4 Å². The van der Waals surface area contributed by atoms with Gasteiger partial charge in [0, 0.05) is 37.8 Å². The van der Waals surface area contributed by atoms with Crippen LogP contribution >= 0.6 is 0 Å². The Morgan fingerprint density at radius 2 is 2.15 bits per heavy atom. The summed E-state index contributed by atoms with van der Waals surface area (Å²) < 4.78 is 6.71. The zero-order valence-electron chi connectivity index (χ0n) is 10.9. The zero-order chi connectivity index (χ0) is 14.3. The Kier molecular flexibility index (Phi) is 3.47. The van der Waals surface area contributed by atoms with Crippen LogP contribution in [0, 0.1) is 0 Å². The summed E-state index contributed by atoms with van der Waals surface area (Å²) in [5.41, 5.74) is -0.469. The standard InChI is InChI=1S/C12H17N3O5/c16-6-9-8(17)3-10(20-9)15-5-7(4-14-1-2-14)11(18)13-12(15)19/h5,8-10,16-17H,1-4,6H2,(H,13,18,19). The van der Waals surface area contributed by atoms with Crippen molar-refractivity contribution in [3.05, 3.63) is 32.6 Å². The van der Waals surface area contributed by atoms with Gasteiger partial charge in [-0.05, 0) is 0 Å². The van der Waals surface area contributed by atoms with E-state index >= 15 is 0 Å². The number of aliphatic hydroxyl groups is 2. The summed E-state index contributed by atoms with van der Waals surface area (Å²) in [4.78, 5) is 27.9. The van der Waals surface area contributed by atoms with Crippen molar-refractivity contribution in [1.29, 1.82) is 0 Å². The van der Waals surface area contributed by atoms with Crippen LogP contribution in [0.5, 0.6) is 0 Å². The second-order valence-electron chi connectivity index (χ2n) is 5.21. The fourth-order valence-corrected chi connectivity index (χ4v) is 2.37. The van der Waals surface area contributed by atoms with Crippen LogP contribution in [-0.4, -0.2) is 56.6 Å². The summed E-state index contributed by atoms with van der Waals surface area (Å²) in [5, 5.41) is 18.8. The summed E-state index contributed by atoms with van der Waals surface area (Å²) in [6.07, 6.45) is -0.495. The van der Waals surface area contributed by atoms with Gasteiger partial charge in [0.2, 0.25) is 0 Å². The molecule has 0 bridgehead atoms. The molecule has 3 heterocycles. The van der Waals surface area contributed by atoms with Crippen molar-refractivity contribution in [2.24, 2.45) is 0 Å². The van der Waals surface area contributed by atoms with Gasteiger partial charge in [0.25, 0.3) is 5.56 Å². The highest BCUT2D eigenvalue weighted by Crippen LogP contribution is 2.27. The van der Waals surface area contributed by atoms with E-state index in [1.54, 1.807) is 0 Å². The van der Waals surface area contributed by atoms with Gasteiger partial charge >= 0.3 is 5.69 Å². The molecule has 0 aromatic carbocycles. The van der Waals surface area contributed by atoms with Crippen molar-refractivity contribution in [1.82, 2.24) is 14.5 Å². The number of aromatic amines is 1. The van der Waals surface area contributed by atoms with E-state index in [9.17, 15) is 14.7 Å². The molecule has 0 spiro atoms. The average molecular weight is 283 g/mol. The van der Waals surface area contributed by atoms with Crippen molar-refractivity contribution >= 4 is 0 Å². The van der Waals surface area contributed by atoms with Crippen LogP contribution in [0.3, 0.4) is 0 Å². The highest BCUT2D eigenvalue weighted by Gasteiger charge is 2.35. The molecular formula is C12H17N3O5. The first-order chi connectivity index (χ1) is 9.58. The van der Waals surface area contributed by atoms with E-state index < -0.39 is 29.7 Å². The first-order valence-corrected chi connectivity index (χ1v) is 6.59. The SMILES string of the molecule is O=c1[nH]c(=O)n(C2CC(O)C(CO)O2)cc1CN1CC1. The summed E-state index contributed by atoms with van der Waals surface area (Å²) in [6.45, 7) is 2.08. The van der Waals surface area contributed by atoms with E-state index in [0.717, 1.165) is 13.1 Å². The Labute approximate surface area is 114 Å². The Morgan fingerprint density at radius 3 is 2.75 bits per heavy atom. The molecule has 2 fully saturated rings. The largest absolute Gasteiger partial charge is 0.394 e. The molecule has 8 nitrogen and oxygen atoms in total. The molecule has 0 saturated carbocycles. The van der Waals surface area contributed by atoms with Gasteiger partial charge in [-0.15, -0.1) is 0 Å². The molecule has 3 atom stereocenters. The van der Waals surface area contributed by atoms with Gasteiger partial charge in [-0.3, -0.25) is 19.2 Å². The number of H-pyrrole nitrogens is 1. The van der Waals surface area contributed by atoms with Crippen molar-refractivity contribution < 1.29 is 14.9 Å². The van der Waals surface area contributed by atoms with E-state index in [2.05, 4.69) is 9.88 Å². The van der Waals surface area contributed by atoms with Crippen molar-refractivity contribution in [3.8, 4) is 0 Å². The van der Waals surface area contributed by atoms with Gasteiger partial charge in [-0.2, -0.15) is 0 Å². The lowest BCUT2D eigenvalue weighted by Gasteiger charge is -2.15. The molecular weight excluding hydrogens is 266 g/mol. The number of hydrogen-bond acceptors (Lipinski definition) is 6. The maximum absolute atomic E-state index is 11.9. The Hall–Kier alpha value is -1.48. The highest BCUT2D eigenvalue weighted by molar-refractivity contribution is 5.06. The first-order valence-electron chi connectivity index (χ1n) is 6.59. The third-order valence-electron chi connectivity index (χ3n) is 3.67. The van der Waals surface area contributed by atoms with E-state index in [1.807, 2.05) is 0 Å². The molecule has 2 aliphatic rings. The number of aliphatic hydroxyl groups excluding tert-OH is 2. The minimum atomic E-state index is -0.820. The molecule has 8 heteroatoms. The van der Waals surface area contributed by atoms with Gasteiger partial charge in [0.05, 0.1) is 12.7 Å². The number of nitrogens with zero attached hydrogens (tertiary/aromatic N) is 2. The third kappa shape index (κ3) is 2.55. The maximum Gasteiger partial charge on any atom is 0.330 e. The number of ether oxygens (including phenoxy) is 1. The minimum Gasteiger partial charge on any atom is -0.394 e. The molecule has 1 aromatic heterocycles. The molecule has 110 valence electrons. The van der Waals surface area contributed by atoms with Gasteiger partial charge in [-0.25, -0.2) is 4.79 Å². The summed E-state index contributed by atoms with van der Waals surface area (Å²) in [6, 6.07) is 0. The number of hydrogen-bond donors (Lipinski definition) is 3. The van der Waals surface area contributed by atoms with E-state index in [0.29, 0.717) is 12.1 Å². The Morgan fingerprint density at radius 1 is 1.40 bits per heavy atom. The average Bonchev–Trinajstić information content (AvgIpc) is 3.14. The lowest BCUT2D eigenvalue weighted by Crippen LogP contribution is -2.34. The van der Waals surface area contributed by atoms with Gasteiger partial charge in [0.1, 0.15) is 12.3 Å². The molecule has 2 saturated heterocycles. The summed E-state index contributed by atoms with van der Waals surface area (Å²) >= 11 is 0. The molecule has 3 N–H and O–H groups in total. The fraction of sp³-hybridized carbons (Fsp3) is 0.667. The van der Waals surface area contributed by atoms with E-state index in [-0.39, 0.29) is 13.0 Å². The van der Waals surface area contributed by atoms with Gasteiger partial charge in [-0.1, -0.05) is 0 Å². The number of aromatic nitrogens is 2. The highest BCUT2D eigenvalue weighted by atomic mass is 16.5. The Bertz CT molecular complexity index is 606. The van der Waals surface area contributed by atoms with Crippen LogP contribution in [0.4, 0.5) is 0 Å². The molecule has 3 unspecified atom stereocenters.